The van der Waals surface area contributed by atoms with Gasteiger partial charge in [0, 0.05) is 16.1 Å². The maximum atomic E-state index is 12.6. The summed E-state index contributed by atoms with van der Waals surface area (Å²) in [6.45, 7) is 1.95. The molecular weight excluding hydrogens is 386 g/mol. The van der Waals surface area contributed by atoms with Gasteiger partial charge in [-0.2, -0.15) is 0 Å². The van der Waals surface area contributed by atoms with Crippen molar-refractivity contribution < 1.29 is 14.7 Å². The van der Waals surface area contributed by atoms with Crippen LogP contribution in [0.1, 0.15) is 35.2 Å². The number of halogens is 1. The minimum absolute atomic E-state index is 0.000184. The highest BCUT2D eigenvalue weighted by molar-refractivity contribution is 6.33. The van der Waals surface area contributed by atoms with Crippen molar-refractivity contribution in [1.82, 2.24) is 5.32 Å². The molecule has 0 fully saturated rings. The van der Waals surface area contributed by atoms with E-state index < -0.39 is 17.9 Å². The predicted octanol–water partition coefficient (Wildman–Crippen LogP) is 5.38. The third-order valence-corrected chi connectivity index (χ3v) is 5.22. The molecular formula is C24H22ClNO3. The third-order valence-electron chi connectivity index (χ3n) is 4.89. The van der Waals surface area contributed by atoms with Gasteiger partial charge in [-0.25, -0.2) is 4.79 Å². The van der Waals surface area contributed by atoms with Crippen LogP contribution in [0, 0.1) is 0 Å². The van der Waals surface area contributed by atoms with Crippen LogP contribution in [-0.4, -0.2) is 23.0 Å². The molecule has 0 saturated carbocycles. The summed E-state index contributed by atoms with van der Waals surface area (Å²) >= 11 is 6.22. The molecule has 0 aliphatic heterocycles. The first-order valence-corrected chi connectivity index (χ1v) is 9.77. The van der Waals surface area contributed by atoms with Gasteiger partial charge in [0.1, 0.15) is 6.04 Å². The van der Waals surface area contributed by atoms with Crippen LogP contribution in [0.2, 0.25) is 5.02 Å². The van der Waals surface area contributed by atoms with E-state index in [-0.39, 0.29) is 5.92 Å². The molecule has 3 aromatic rings. The number of carboxylic acids is 1. The normalized spacial score (nSPS) is 12.8. The van der Waals surface area contributed by atoms with Gasteiger partial charge >= 0.3 is 5.97 Å². The van der Waals surface area contributed by atoms with Crippen LogP contribution < -0.4 is 5.32 Å². The second-order valence-corrected chi connectivity index (χ2v) is 7.38. The Balaban J connectivity index is 1.70. The van der Waals surface area contributed by atoms with Crippen molar-refractivity contribution in [1.29, 1.82) is 0 Å². The maximum absolute atomic E-state index is 12.6. The van der Waals surface area contributed by atoms with E-state index in [1.807, 2.05) is 61.5 Å². The fourth-order valence-corrected chi connectivity index (χ4v) is 3.48. The molecule has 0 aliphatic carbocycles. The molecule has 0 aliphatic rings. The number of rotatable bonds is 7. The average molecular weight is 408 g/mol. The van der Waals surface area contributed by atoms with Crippen molar-refractivity contribution >= 4 is 23.5 Å². The number of carbonyl (C=O) groups is 2. The van der Waals surface area contributed by atoms with Gasteiger partial charge in [0.25, 0.3) is 5.91 Å². The van der Waals surface area contributed by atoms with Crippen molar-refractivity contribution in [2.45, 2.75) is 25.3 Å². The topological polar surface area (TPSA) is 66.4 Å². The first-order chi connectivity index (χ1) is 14.0. The first kappa shape index (κ1) is 20.6. The van der Waals surface area contributed by atoms with E-state index in [1.165, 1.54) is 0 Å². The zero-order valence-electron chi connectivity index (χ0n) is 16.0. The predicted molar refractivity (Wildman–Crippen MR) is 115 cm³/mol. The molecule has 1 amide bonds. The number of nitrogens with one attached hydrogen (secondary N) is 1. The second-order valence-electron chi connectivity index (χ2n) is 6.97. The van der Waals surface area contributed by atoms with Gasteiger partial charge in [0.2, 0.25) is 0 Å². The van der Waals surface area contributed by atoms with Crippen LogP contribution in [0.3, 0.4) is 0 Å². The minimum atomic E-state index is -1.05. The number of hydrogen-bond acceptors (Lipinski definition) is 2. The summed E-state index contributed by atoms with van der Waals surface area (Å²) in [6, 6.07) is 23.1. The first-order valence-electron chi connectivity index (χ1n) is 9.39. The van der Waals surface area contributed by atoms with Crippen LogP contribution in [0.4, 0.5) is 0 Å². The van der Waals surface area contributed by atoms with Gasteiger partial charge in [0.15, 0.2) is 0 Å². The summed E-state index contributed by atoms with van der Waals surface area (Å²) in [4.78, 5) is 24.3. The minimum Gasteiger partial charge on any atom is -0.480 e. The Hall–Kier alpha value is -3.11. The SMILES string of the molecule is C[C@@H](CC(NC(=O)c1ccc(-c2ccccc2Cl)cc1)C(=O)O)c1ccccc1. The van der Waals surface area contributed by atoms with E-state index in [0.717, 1.165) is 16.7 Å². The highest BCUT2D eigenvalue weighted by atomic mass is 35.5. The maximum Gasteiger partial charge on any atom is 0.326 e. The zero-order chi connectivity index (χ0) is 20.8. The van der Waals surface area contributed by atoms with Crippen molar-refractivity contribution in [3.05, 3.63) is 95.0 Å². The number of benzene rings is 3. The lowest BCUT2D eigenvalue weighted by Gasteiger charge is -2.19. The lowest BCUT2D eigenvalue weighted by molar-refractivity contribution is -0.139. The molecule has 0 bridgehead atoms. The number of hydrogen-bond donors (Lipinski definition) is 2. The fraction of sp³-hybridized carbons (Fsp3) is 0.167. The number of carboxylic acid groups (broad SMARTS) is 1. The Morgan fingerprint density at radius 1 is 0.931 bits per heavy atom. The molecule has 148 valence electrons. The van der Waals surface area contributed by atoms with E-state index in [0.29, 0.717) is 17.0 Å². The molecule has 2 N–H and O–H groups in total. The molecule has 0 spiro atoms. The fourth-order valence-electron chi connectivity index (χ4n) is 3.23. The van der Waals surface area contributed by atoms with Gasteiger partial charge < -0.3 is 10.4 Å². The number of amides is 1. The molecule has 0 saturated heterocycles. The molecule has 4 nitrogen and oxygen atoms in total. The van der Waals surface area contributed by atoms with Gasteiger partial charge in [-0.05, 0) is 41.7 Å². The summed E-state index contributed by atoms with van der Waals surface area (Å²) in [5.74, 6) is -1.46. The van der Waals surface area contributed by atoms with Crippen molar-refractivity contribution in [3.8, 4) is 11.1 Å². The highest BCUT2D eigenvalue weighted by Crippen LogP contribution is 2.27. The largest absolute Gasteiger partial charge is 0.480 e. The zero-order valence-corrected chi connectivity index (χ0v) is 16.8. The van der Waals surface area contributed by atoms with E-state index in [1.54, 1.807) is 24.3 Å². The van der Waals surface area contributed by atoms with E-state index >= 15 is 0 Å². The van der Waals surface area contributed by atoms with Gasteiger partial charge in [-0.15, -0.1) is 0 Å². The molecule has 29 heavy (non-hydrogen) atoms. The number of aliphatic carboxylic acids is 1. The molecule has 2 atom stereocenters. The lowest BCUT2D eigenvalue weighted by Crippen LogP contribution is -2.41. The molecule has 0 radical (unpaired) electrons. The molecule has 5 heteroatoms. The summed E-state index contributed by atoms with van der Waals surface area (Å²) in [6.07, 6.45) is 0.308. The summed E-state index contributed by atoms with van der Waals surface area (Å²) < 4.78 is 0. The standard InChI is InChI=1S/C24H22ClNO3/c1-16(17-7-3-2-4-8-17)15-22(24(28)29)26-23(27)19-13-11-18(12-14-19)20-9-5-6-10-21(20)25/h2-14,16,22H,15H2,1H3,(H,26,27)(H,28,29)/t16-,22?/m0/s1. The van der Waals surface area contributed by atoms with Gasteiger partial charge in [-0.3, -0.25) is 4.79 Å². The van der Waals surface area contributed by atoms with Crippen LogP contribution in [-0.2, 0) is 4.79 Å². The quantitative estimate of drug-likeness (QED) is 0.552. The molecule has 3 rings (SSSR count). The van der Waals surface area contributed by atoms with Crippen LogP contribution >= 0.6 is 11.6 Å². The van der Waals surface area contributed by atoms with Crippen molar-refractivity contribution in [3.63, 3.8) is 0 Å². The van der Waals surface area contributed by atoms with E-state index in [9.17, 15) is 14.7 Å². The Kier molecular flexibility index (Phi) is 6.68. The van der Waals surface area contributed by atoms with Crippen LogP contribution in [0.5, 0.6) is 0 Å². The van der Waals surface area contributed by atoms with Crippen LogP contribution in [0.15, 0.2) is 78.9 Å². The molecule has 0 aromatic heterocycles. The number of carbonyl (C=O) groups excluding carboxylic acids is 1. The molecule has 3 aromatic carbocycles. The lowest BCUT2D eigenvalue weighted by atomic mass is 9.93. The van der Waals surface area contributed by atoms with E-state index in [2.05, 4.69) is 5.32 Å². The summed E-state index contributed by atoms with van der Waals surface area (Å²) in [5, 5.41) is 12.8. The Morgan fingerprint density at radius 2 is 1.55 bits per heavy atom. The smallest absolute Gasteiger partial charge is 0.326 e. The third kappa shape index (κ3) is 5.24. The summed E-state index contributed by atoms with van der Waals surface area (Å²) in [7, 11) is 0. The van der Waals surface area contributed by atoms with Crippen molar-refractivity contribution in [2.75, 3.05) is 0 Å². The summed E-state index contributed by atoms with van der Waals surface area (Å²) in [5.41, 5.74) is 3.21. The van der Waals surface area contributed by atoms with Crippen LogP contribution in [0.25, 0.3) is 11.1 Å². The molecule has 1 unspecified atom stereocenters. The highest BCUT2D eigenvalue weighted by Gasteiger charge is 2.23. The molecule has 0 heterocycles. The van der Waals surface area contributed by atoms with Gasteiger partial charge in [-0.1, -0.05) is 79.2 Å². The van der Waals surface area contributed by atoms with E-state index in [4.69, 9.17) is 11.6 Å². The average Bonchev–Trinajstić information content (AvgIpc) is 2.74. The Labute approximate surface area is 175 Å². The Morgan fingerprint density at radius 3 is 2.17 bits per heavy atom. The van der Waals surface area contributed by atoms with Crippen molar-refractivity contribution in [2.24, 2.45) is 0 Å². The monoisotopic (exact) mass is 407 g/mol. The second kappa shape index (κ2) is 9.39. The Bertz CT molecular complexity index is 987. The van der Waals surface area contributed by atoms with Gasteiger partial charge in [0.05, 0.1) is 0 Å².